The van der Waals surface area contributed by atoms with Crippen molar-refractivity contribution in [3.63, 3.8) is 0 Å². The first-order chi connectivity index (χ1) is 11.2. The summed E-state index contributed by atoms with van der Waals surface area (Å²) in [5.74, 6) is -0.381. The number of benzene rings is 1. The average Bonchev–Trinajstić information content (AvgIpc) is 2.97. The Labute approximate surface area is 136 Å². The Kier molecular flexibility index (Phi) is 6.59. The topological polar surface area (TPSA) is 77.2 Å². The molecule has 0 aliphatic rings. The molecule has 6 heteroatoms. The lowest BCUT2D eigenvalue weighted by molar-refractivity contribution is 0.0687. The Hall–Kier alpha value is -2.37. The second-order valence-corrected chi connectivity index (χ2v) is 5.43. The lowest BCUT2D eigenvalue weighted by atomic mass is 10.1. The first-order valence-electron chi connectivity index (χ1n) is 8.06. The predicted molar refractivity (Wildman–Crippen MR) is 86.5 cm³/mol. The Morgan fingerprint density at radius 2 is 1.91 bits per heavy atom. The molecule has 0 unspecified atom stereocenters. The second-order valence-electron chi connectivity index (χ2n) is 5.43. The third-order valence-corrected chi connectivity index (χ3v) is 3.63. The molecular formula is C17H23N3O3. The highest BCUT2D eigenvalue weighted by atomic mass is 16.5. The second kappa shape index (κ2) is 8.92. The molecule has 0 aliphatic carbocycles. The first-order valence-corrected chi connectivity index (χ1v) is 8.06. The molecular weight excluding hydrogens is 294 g/mol. The van der Waals surface area contributed by atoms with Crippen LogP contribution in [0, 0.1) is 0 Å². The van der Waals surface area contributed by atoms with Crippen molar-refractivity contribution in [2.75, 3.05) is 0 Å². The lowest BCUT2D eigenvalue weighted by Gasteiger charge is -2.09. The summed E-state index contributed by atoms with van der Waals surface area (Å²) in [5, 5.41) is 17.0. The number of hydrogen-bond acceptors (Lipinski definition) is 4. The maximum Gasteiger partial charge on any atom is 0.358 e. The van der Waals surface area contributed by atoms with Gasteiger partial charge in [-0.3, -0.25) is 0 Å². The number of para-hydroxylation sites is 1. The fourth-order valence-electron chi connectivity index (χ4n) is 2.35. The van der Waals surface area contributed by atoms with E-state index < -0.39 is 5.97 Å². The Balaban J connectivity index is 1.99. The number of ether oxygens (including phenoxy) is 1. The van der Waals surface area contributed by atoms with Crippen LogP contribution >= 0.6 is 0 Å². The molecule has 2 rings (SSSR count). The van der Waals surface area contributed by atoms with E-state index in [1.807, 2.05) is 30.3 Å². The smallest absolute Gasteiger partial charge is 0.358 e. The number of aromatic carboxylic acids is 1. The van der Waals surface area contributed by atoms with Crippen LogP contribution in [0.5, 0.6) is 5.75 Å². The van der Waals surface area contributed by atoms with Crippen LogP contribution < -0.4 is 4.74 Å². The fourth-order valence-corrected chi connectivity index (χ4v) is 2.35. The van der Waals surface area contributed by atoms with Crippen molar-refractivity contribution in [1.82, 2.24) is 15.0 Å². The largest absolute Gasteiger partial charge is 0.487 e. The van der Waals surface area contributed by atoms with Crippen molar-refractivity contribution in [2.45, 2.75) is 52.2 Å². The van der Waals surface area contributed by atoms with Crippen molar-refractivity contribution in [1.29, 1.82) is 0 Å². The van der Waals surface area contributed by atoms with Crippen LogP contribution in [0.15, 0.2) is 30.3 Å². The molecule has 1 heterocycles. The molecule has 2 aromatic rings. The van der Waals surface area contributed by atoms with E-state index >= 15 is 0 Å². The van der Waals surface area contributed by atoms with Gasteiger partial charge in [-0.1, -0.05) is 56.0 Å². The maximum absolute atomic E-state index is 11.3. The molecule has 0 radical (unpaired) electrons. The average molecular weight is 317 g/mol. The van der Waals surface area contributed by atoms with Crippen LogP contribution in [0.3, 0.4) is 0 Å². The van der Waals surface area contributed by atoms with Gasteiger partial charge < -0.3 is 9.84 Å². The van der Waals surface area contributed by atoms with Crippen LogP contribution in [-0.4, -0.2) is 26.1 Å². The molecule has 0 amide bonds. The van der Waals surface area contributed by atoms with E-state index in [2.05, 4.69) is 17.2 Å². The minimum Gasteiger partial charge on any atom is -0.487 e. The minimum absolute atomic E-state index is 0.0329. The quantitative estimate of drug-likeness (QED) is 0.678. The third-order valence-electron chi connectivity index (χ3n) is 3.63. The van der Waals surface area contributed by atoms with E-state index in [4.69, 9.17) is 4.74 Å². The Morgan fingerprint density at radius 3 is 2.61 bits per heavy atom. The standard InChI is InChI=1S/C17H23N3O3/c1-2-3-4-5-9-12-20-15(16(17(21)22)18-19-20)13-23-14-10-7-6-8-11-14/h6-8,10-11H,2-5,9,12-13H2,1H3,(H,21,22). The van der Waals surface area contributed by atoms with Crippen molar-refractivity contribution in [3.8, 4) is 5.75 Å². The van der Waals surface area contributed by atoms with Gasteiger partial charge in [0, 0.05) is 6.54 Å². The lowest BCUT2D eigenvalue weighted by Crippen LogP contribution is -2.11. The summed E-state index contributed by atoms with van der Waals surface area (Å²) in [4.78, 5) is 11.3. The highest BCUT2D eigenvalue weighted by molar-refractivity contribution is 5.86. The van der Waals surface area contributed by atoms with Crippen molar-refractivity contribution >= 4 is 5.97 Å². The van der Waals surface area contributed by atoms with Gasteiger partial charge in [-0.25, -0.2) is 9.48 Å². The number of nitrogens with zero attached hydrogens (tertiary/aromatic N) is 3. The highest BCUT2D eigenvalue weighted by Crippen LogP contribution is 2.14. The number of hydrogen-bond donors (Lipinski definition) is 1. The van der Waals surface area contributed by atoms with Crippen molar-refractivity contribution in [2.24, 2.45) is 0 Å². The molecule has 1 N–H and O–H groups in total. The number of rotatable bonds is 10. The fraction of sp³-hybridized carbons (Fsp3) is 0.471. The molecule has 0 spiro atoms. The van der Waals surface area contributed by atoms with Crippen LogP contribution in [0.2, 0.25) is 0 Å². The number of unbranched alkanes of at least 4 members (excludes halogenated alkanes) is 4. The van der Waals surface area contributed by atoms with Crippen LogP contribution in [0.4, 0.5) is 0 Å². The zero-order valence-corrected chi connectivity index (χ0v) is 13.4. The number of carboxylic acid groups (broad SMARTS) is 1. The minimum atomic E-state index is -1.08. The normalized spacial score (nSPS) is 10.7. The molecule has 1 aromatic carbocycles. The van der Waals surface area contributed by atoms with E-state index in [1.165, 1.54) is 19.3 Å². The number of carbonyl (C=O) groups is 1. The van der Waals surface area contributed by atoms with Crippen LogP contribution in [0.25, 0.3) is 0 Å². The molecule has 1 aromatic heterocycles. The summed E-state index contributed by atoms with van der Waals surface area (Å²) in [6, 6.07) is 9.31. The summed E-state index contributed by atoms with van der Waals surface area (Å²) in [6.07, 6.45) is 5.67. The van der Waals surface area contributed by atoms with Crippen LogP contribution in [-0.2, 0) is 13.2 Å². The Morgan fingerprint density at radius 1 is 1.17 bits per heavy atom. The first kappa shape index (κ1) is 17.0. The van der Waals surface area contributed by atoms with Gasteiger partial charge >= 0.3 is 5.97 Å². The summed E-state index contributed by atoms with van der Waals surface area (Å²) in [7, 11) is 0. The molecule has 23 heavy (non-hydrogen) atoms. The van der Waals surface area contributed by atoms with Crippen molar-refractivity contribution < 1.29 is 14.6 Å². The molecule has 0 saturated heterocycles. The molecule has 124 valence electrons. The zero-order valence-electron chi connectivity index (χ0n) is 13.4. The van der Waals surface area contributed by atoms with Gasteiger partial charge in [0.05, 0.1) is 0 Å². The van der Waals surface area contributed by atoms with Crippen molar-refractivity contribution in [3.05, 3.63) is 41.7 Å². The SMILES string of the molecule is CCCCCCCn1nnc(C(=O)O)c1COc1ccccc1. The summed E-state index contributed by atoms with van der Waals surface area (Å²) in [5.41, 5.74) is 0.478. The van der Waals surface area contributed by atoms with E-state index in [9.17, 15) is 9.90 Å². The van der Waals surface area contributed by atoms with Gasteiger partial charge in [0.15, 0.2) is 5.69 Å². The number of aromatic nitrogens is 3. The van der Waals surface area contributed by atoms with Crippen LogP contribution in [0.1, 0.15) is 55.2 Å². The number of carboxylic acids is 1. The number of aryl methyl sites for hydroxylation is 1. The summed E-state index contributed by atoms with van der Waals surface area (Å²) in [6.45, 7) is 2.99. The van der Waals surface area contributed by atoms with Gasteiger partial charge in [-0.2, -0.15) is 0 Å². The molecule has 0 aliphatic heterocycles. The molecule has 0 fully saturated rings. The predicted octanol–water partition coefficient (Wildman–Crippen LogP) is 3.53. The summed E-state index contributed by atoms with van der Waals surface area (Å²) < 4.78 is 7.31. The monoisotopic (exact) mass is 317 g/mol. The molecule has 6 nitrogen and oxygen atoms in total. The summed E-state index contributed by atoms with van der Waals surface area (Å²) >= 11 is 0. The zero-order chi connectivity index (χ0) is 16.5. The maximum atomic E-state index is 11.3. The Bertz CT molecular complexity index is 611. The third kappa shape index (κ3) is 5.09. The van der Waals surface area contributed by atoms with E-state index in [0.29, 0.717) is 18.0 Å². The molecule has 0 saturated carbocycles. The van der Waals surface area contributed by atoms with Gasteiger partial charge in [-0.05, 0) is 18.6 Å². The molecule has 0 bridgehead atoms. The van der Waals surface area contributed by atoms with E-state index in [1.54, 1.807) is 4.68 Å². The van der Waals surface area contributed by atoms with Gasteiger partial charge in [0.1, 0.15) is 18.1 Å². The van der Waals surface area contributed by atoms with Gasteiger partial charge in [0.2, 0.25) is 0 Å². The van der Waals surface area contributed by atoms with Gasteiger partial charge in [0.25, 0.3) is 0 Å². The van der Waals surface area contributed by atoms with E-state index in [-0.39, 0.29) is 12.3 Å². The van der Waals surface area contributed by atoms with Gasteiger partial charge in [-0.15, -0.1) is 5.10 Å². The highest BCUT2D eigenvalue weighted by Gasteiger charge is 2.19. The molecule has 0 atom stereocenters. The van der Waals surface area contributed by atoms with E-state index in [0.717, 1.165) is 12.8 Å².